The van der Waals surface area contributed by atoms with E-state index in [0.29, 0.717) is 23.5 Å². The van der Waals surface area contributed by atoms with Gasteiger partial charge in [-0.3, -0.25) is 4.79 Å². The van der Waals surface area contributed by atoms with Crippen LogP contribution in [0.3, 0.4) is 0 Å². The summed E-state index contributed by atoms with van der Waals surface area (Å²) in [7, 11) is 0. The van der Waals surface area contributed by atoms with Gasteiger partial charge in [-0.1, -0.05) is 89.9 Å². The molecule has 3 aliphatic carbocycles. The Hall–Kier alpha value is -1.57. The van der Waals surface area contributed by atoms with E-state index in [2.05, 4.69) is 44.2 Å². The standard InChI is InChI=1S/C36H56O2/c1-3-4-5-6-7-8-9-10-11-12-13-14-15-16-17-18-27-38-30-20-22-31-29(28-30)19-21-33-32(31)25-26-36(2)34(33)23-24-35(36)37/h10-11,20,22,28,32-34H,3-9,12-19,21,23-27H2,1-2H3/t32-,33-,34+,36+/m1/s1. The number of Topliss-reactive ketones (excluding diaryl/α,β-unsaturated/α-hetero) is 1. The first-order valence-corrected chi connectivity index (χ1v) is 16.6. The fourth-order valence-electron chi connectivity index (χ4n) is 7.96. The molecule has 0 saturated heterocycles. The number of ketones is 1. The van der Waals surface area contributed by atoms with Crippen molar-refractivity contribution in [2.75, 3.05) is 6.61 Å². The van der Waals surface area contributed by atoms with Gasteiger partial charge in [-0.2, -0.15) is 0 Å². The molecule has 0 N–H and O–H groups in total. The number of hydrogen-bond donors (Lipinski definition) is 0. The maximum absolute atomic E-state index is 12.6. The Bertz CT molecular complexity index is 885. The van der Waals surface area contributed by atoms with Gasteiger partial charge in [0, 0.05) is 11.8 Å². The number of carbonyl (C=O) groups is 1. The quantitative estimate of drug-likeness (QED) is 0.151. The number of benzene rings is 1. The van der Waals surface area contributed by atoms with E-state index in [9.17, 15) is 4.79 Å². The largest absolute Gasteiger partial charge is 0.494 e. The van der Waals surface area contributed by atoms with Crippen LogP contribution in [0.5, 0.6) is 5.75 Å². The zero-order valence-corrected chi connectivity index (χ0v) is 24.8. The molecular formula is C36H56O2. The number of ether oxygens (including phenoxy) is 1. The first-order valence-electron chi connectivity index (χ1n) is 16.6. The zero-order valence-electron chi connectivity index (χ0n) is 24.8. The second kappa shape index (κ2) is 15.3. The summed E-state index contributed by atoms with van der Waals surface area (Å²) in [5.74, 6) is 3.59. The van der Waals surface area contributed by atoms with Crippen molar-refractivity contribution < 1.29 is 9.53 Å². The highest BCUT2D eigenvalue weighted by atomic mass is 16.5. The molecule has 0 amide bonds. The Morgan fingerprint density at radius 1 is 0.842 bits per heavy atom. The van der Waals surface area contributed by atoms with E-state index in [1.165, 1.54) is 102 Å². The molecule has 3 aliphatic rings. The Labute approximate surface area is 234 Å². The van der Waals surface area contributed by atoms with Crippen LogP contribution in [0.2, 0.25) is 0 Å². The molecule has 1 aromatic rings. The minimum absolute atomic E-state index is 0.0221. The molecule has 0 bridgehead atoms. The van der Waals surface area contributed by atoms with Crippen LogP contribution >= 0.6 is 0 Å². The molecule has 0 aliphatic heterocycles. The monoisotopic (exact) mass is 520 g/mol. The minimum atomic E-state index is -0.0221. The van der Waals surface area contributed by atoms with Crippen molar-refractivity contribution in [3.63, 3.8) is 0 Å². The van der Waals surface area contributed by atoms with Gasteiger partial charge in [0.15, 0.2) is 0 Å². The second-order valence-corrected chi connectivity index (χ2v) is 13.0. The van der Waals surface area contributed by atoms with Gasteiger partial charge in [0.25, 0.3) is 0 Å². The summed E-state index contributed by atoms with van der Waals surface area (Å²) in [5, 5.41) is 0. The molecule has 2 nitrogen and oxygen atoms in total. The Kier molecular flexibility index (Phi) is 11.8. The molecule has 2 saturated carbocycles. The van der Waals surface area contributed by atoms with E-state index in [1.54, 1.807) is 5.56 Å². The number of allylic oxidation sites excluding steroid dienone is 2. The van der Waals surface area contributed by atoms with Crippen LogP contribution in [0.1, 0.15) is 153 Å². The summed E-state index contributed by atoms with van der Waals surface area (Å²) in [6.07, 6.45) is 30.2. The predicted octanol–water partition coefficient (Wildman–Crippen LogP) is 10.5. The van der Waals surface area contributed by atoms with Crippen LogP contribution in [0.25, 0.3) is 0 Å². The molecular weight excluding hydrogens is 464 g/mol. The third kappa shape index (κ3) is 7.76. The zero-order chi connectivity index (χ0) is 26.6. The van der Waals surface area contributed by atoms with Crippen molar-refractivity contribution in [3.8, 4) is 5.75 Å². The number of rotatable bonds is 17. The number of unbranched alkanes of at least 4 members (excludes halogenated alkanes) is 12. The highest BCUT2D eigenvalue weighted by molar-refractivity contribution is 5.87. The molecule has 4 atom stereocenters. The smallest absolute Gasteiger partial charge is 0.139 e. The van der Waals surface area contributed by atoms with Gasteiger partial charge < -0.3 is 4.74 Å². The van der Waals surface area contributed by atoms with Crippen molar-refractivity contribution in [2.24, 2.45) is 17.3 Å². The van der Waals surface area contributed by atoms with Crippen LogP contribution in [-0.2, 0) is 11.2 Å². The summed E-state index contributed by atoms with van der Waals surface area (Å²) in [6, 6.07) is 6.91. The maximum Gasteiger partial charge on any atom is 0.139 e. The number of hydrogen-bond acceptors (Lipinski definition) is 2. The van der Waals surface area contributed by atoms with E-state index >= 15 is 0 Å². The van der Waals surface area contributed by atoms with Crippen LogP contribution in [-0.4, -0.2) is 12.4 Å². The van der Waals surface area contributed by atoms with Gasteiger partial charge >= 0.3 is 0 Å². The van der Waals surface area contributed by atoms with E-state index in [4.69, 9.17) is 4.74 Å². The summed E-state index contributed by atoms with van der Waals surface area (Å²) in [6.45, 7) is 5.40. The van der Waals surface area contributed by atoms with Crippen molar-refractivity contribution >= 4 is 5.78 Å². The molecule has 0 radical (unpaired) electrons. The topological polar surface area (TPSA) is 26.3 Å². The lowest BCUT2D eigenvalue weighted by molar-refractivity contribution is -0.129. The van der Waals surface area contributed by atoms with E-state index in [-0.39, 0.29) is 5.41 Å². The van der Waals surface area contributed by atoms with Crippen LogP contribution < -0.4 is 4.74 Å². The van der Waals surface area contributed by atoms with Crippen LogP contribution in [0, 0.1) is 17.3 Å². The summed E-state index contributed by atoms with van der Waals surface area (Å²) in [5.41, 5.74) is 3.05. The highest BCUT2D eigenvalue weighted by Crippen LogP contribution is 2.59. The lowest BCUT2D eigenvalue weighted by Gasteiger charge is -2.48. The number of aryl methyl sites for hydroxylation is 1. The molecule has 4 rings (SSSR count). The van der Waals surface area contributed by atoms with Crippen molar-refractivity contribution in [1.82, 2.24) is 0 Å². The van der Waals surface area contributed by atoms with Gasteiger partial charge in [-0.05, 0) is 105 Å². The van der Waals surface area contributed by atoms with Gasteiger partial charge in [-0.25, -0.2) is 0 Å². The van der Waals surface area contributed by atoms with E-state index in [1.807, 2.05) is 0 Å². The second-order valence-electron chi connectivity index (χ2n) is 13.0. The average molecular weight is 521 g/mol. The molecule has 0 heterocycles. The Morgan fingerprint density at radius 2 is 1.53 bits per heavy atom. The predicted molar refractivity (Wildman–Crippen MR) is 161 cm³/mol. The third-order valence-corrected chi connectivity index (χ3v) is 10.3. The summed E-state index contributed by atoms with van der Waals surface area (Å²) in [4.78, 5) is 12.6. The summed E-state index contributed by atoms with van der Waals surface area (Å²) < 4.78 is 6.17. The molecule has 1 aromatic carbocycles. The molecule has 0 aromatic heterocycles. The fraction of sp³-hybridized carbons (Fsp3) is 0.750. The molecule has 0 unspecified atom stereocenters. The molecule has 2 heteroatoms. The fourth-order valence-corrected chi connectivity index (χ4v) is 7.96. The first kappa shape index (κ1) is 29.4. The molecule has 38 heavy (non-hydrogen) atoms. The minimum Gasteiger partial charge on any atom is -0.494 e. The average Bonchev–Trinajstić information content (AvgIpc) is 3.24. The van der Waals surface area contributed by atoms with Crippen LogP contribution in [0.4, 0.5) is 0 Å². The third-order valence-electron chi connectivity index (χ3n) is 10.3. The number of carbonyl (C=O) groups excluding carboxylic acids is 1. The van der Waals surface area contributed by atoms with Crippen molar-refractivity contribution in [1.29, 1.82) is 0 Å². The molecule has 2 fully saturated rings. The lowest BCUT2D eigenvalue weighted by atomic mass is 9.55. The Balaban J connectivity index is 1.04. The maximum atomic E-state index is 12.6. The highest BCUT2D eigenvalue weighted by Gasteiger charge is 2.54. The Morgan fingerprint density at radius 3 is 2.26 bits per heavy atom. The van der Waals surface area contributed by atoms with Gasteiger partial charge in [0.05, 0.1) is 6.61 Å². The van der Waals surface area contributed by atoms with E-state index < -0.39 is 0 Å². The SMILES string of the molecule is CCCCCCCCC=CCCCCCCCCOc1ccc2c(c1)CC[C@@H]1[C@@H]2CC[C@]2(C)C(=O)CC[C@@H]12. The molecule has 212 valence electrons. The van der Waals surface area contributed by atoms with E-state index in [0.717, 1.165) is 44.5 Å². The first-order chi connectivity index (χ1) is 18.6. The van der Waals surface area contributed by atoms with Gasteiger partial charge in [0.2, 0.25) is 0 Å². The lowest BCUT2D eigenvalue weighted by Crippen LogP contribution is -2.42. The summed E-state index contributed by atoms with van der Waals surface area (Å²) >= 11 is 0. The normalized spacial score (nSPS) is 26.4. The molecule has 0 spiro atoms. The van der Waals surface area contributed by atoms with Crippen molar-refractivity contribution in [2.45, 2.75) is 148 Å². The van der Waals surface area contributed by atoms with Gasteiger partial charge in [-0.15, -0.1) is 0 Å². The van der Waals surface area contributed by atoms with Gasteiger partial charge in [0.1, 0.15) is 11.5 Å². The van der Waals surface area contributed by atoms with Crippen LogP contribution in [0.15, 0.2) is 30.4 Å². The number of fused-ring (bicyclic) bond motifs is 5. The van der Waals surface area contributed by atoms with Crippen molar-refractivity contribution in [3.05, 3.63) is 41.5 Å².